The van der Waals surface area contributed by atoms with E-state index in [2.05, 4.69) is 9.97 Å². The molecule has 0 bridgehead atoms. The molecule has 1 aromatic carbocycles. The summed E-state index contributed by atoms with van der Waals surface area (Å²) < 4.78 is 3.16. The number of hydrogen-bond acceptors (Lipinski definition) is 3. The van der Waals surface area contributed by atoms with Crippen LogP contribution in [0.3, 0.4) is 0 Å². The molecule has 6 nitrogen and oxygen atoms in total. The van der Waals surface area contributed by atoms with Crippen molar-refractivity contribution in [2.75, 3.05) is 0 Å². The van der Waals surface area contributed by atoms with Gasteiger partial charge in [0, 0.05) is 12.4 Å². The van der Waals surface area contributed by atoms with Gasteiger partial charge in [0.1, 0.15) is 6.67 Å². The number of fused-ring (bicyclic) bond motifs is 1. The number of hydrogen-bond donors (Lipinski definition) is 1. The molecule has 0 radical (unpaired) electrons. The molecule has 3 aromatic rings. The first-order valence-electron chi connectivity index (χ1n) is 5.43. The van der Waals surface area contributed by atoms with Crippen molar-refractivity contribution in [3.05, 3.63) is 63.7 Å². The normalized spacial score (nSPS) is 10.9. The zero-order valence-electron chi connectivity index (χ0n) is 9.41. The lowest BCUT2D eigenvalue weighted by Crippen LogP contribution is -2.37. The molecule has 2 aromatic heterocycles. The first-order chi connectivity index (χ1) is 8.75. The lowest BCUT2D eigenvalue weighted by Gasteiger charge is -2.09. The summed E-state index contributed by atoms with van der Waals surface area (Å²) in [5, 5.41) is 0. The smallest absolute Gasteiger partial charge is 0.318 e. The van der Waals surface area contributed by atoms with Gasteiger partial charge in [0.25, 0.3) is 0 Å². The quantitative estimate of drug-likeness (QED) is 0.661. The maximum Gasteiger partial charge on any atom is 0.318 e. The Morgan fingerprint density at radius 2 is 2.06 bits per heavy atom. The van der Waals surface area contributed by atoms with Crippen molar-refractivity contribution in [2.45, 2.75) is 6.67 Å². The maximum atomic E-state index is 11.9. The van der Waals surface area contributed by atoms with Gasteiger partial charge in [0.05, 0.1) is 17.4 Å². The molecule has 0 aliphatic carbocycles. The van der Waals surface area contributed by atoms with E-state index in [9.17, 15) is 9.59 Å². The second-order valence-corrected chi connectivity index (χ2v) is 3.92. The third-order valence-electron chi connectivity index (χ3n) is 2.75. The molecule has 6 heteroatoms. The van der Waals surface area contributed by atoms with Crippen LogP contribution in [0, 0.1) is 0 Å². The summed E-state index contributed by atoms with van der Waals surface area (Å²) in [6.07, 6.45) is 4.96. The van der Waals surface area contributed by atoms with Crippen LogP contribution >= 0.6 is 0 Å². The van der Waals surface area contributed by atoms with Gasteiger partial charge in [-0.15, -0.1) is 0 Å². The van der Waals surface area contributed by atoms with Crippen LogP contribution in [-0.2, 0) is 6.67 Å². The fraction of sp³-hybridized carbons (Fsp3) is 0.0833. The number of para-hydroxylation sites is 2. The molecule has 0 aliphatic heterocycles. The molecule has 0 atom stereocenters. The Balaban J connectivity index is 2.29. The van der Waals surface area contributed by atoms with E-state index in [-0.39, 0.29) is 6.67 Å². The van der Waals surface area contributed by atoms with E-state index in [1.165, 1.54) is 4.57 Å². The van der Waals surface area contributed by atoms with Gasteiger partial charge in [-0.2, -0.15) is 0 Å². The van der Waals surface area contributed by atoms with Gasteiger partial charge in [-0.1, -0.05) is 12.1 Å². The molecule has 2 heterocycles. The van der Waals surface area contributed by atoms with Crippen LogP contribution in [0.15, 0.2) is 52.6 Å². The highest BCUT2D eigenvalue weighted by molar-refractivity contribution is 5.74. The number of H-pyrrole nitrogens is 1. The Morgan fingerprint density at radius 1 is 1.22 bits per heavy atom. The van der Waals surface area contributed by atoms with Crippen molar-refractivity contribution in [2.24, 2.45) is 0 Å². The zero-order chi connectivity index (χ0) is 12.5. The van der Waals surface area contributed by atoms with E-state index in [0.29, 0.717) is 11.0 Å². The Morgan fingerprint density at radius 3 is 2.83 bits per heavy atom. The summed E-state index contributed by atoms with van der Waals surface area (Å²) in [4.78, 5) is 29.9. The van der Waals surface area contributed by atoms with Crippen LogP contribution in [-0.4, -0.2) is 19.1 Å². The van der Waals surface area contributed by atoms with Crippen LogP contribution < -0.4 is 11.1 Å². The van der Waals surface area contributed by atoms with Gasteiger partial charge in [-0.25, -0.2) is 4.98 Å². The standard InChI is InChI=1S/C12H10N4O2/c17-11-12(18)16(8-15-6-5-13-7-15)10-4-2-1-3-9(10)14-11/h1-7H,8H2,(H,14,17). The highest BCUT2D eigenvalue weighted by Gasteiger charge is 2.06. The van der Waals surface area contributed by atoms with E-state index < -0.39 is 11.1 Å². The number of imidazole rings is 1. The van der Waals surface area contributed by atoms with Gasteiger partial charge < -0.3 is 9.55 Å². The highest BCUT2D eigenvalue weighted by atomic mass is 16.2. The van der Waals surface area contributed by atoms with E-state index in [1.54, 1.807) is 35.4 Å². The fourth-order valence-corrected chi connectivity index (χ4v) is 1.90. The van der Waals surface area contributed by atoms with Crippen LogP contribution in [0.25, 0.3) is 11.0 Å². The summed E-state index contributed by atoms with van der Waals surface area (Å²) in [6, 6.07) is 7.19. The van der Waals surface area contributed by atoms with Crippen molar-refractivity contribution in [3.8, 4) is 0 Å². The first-order valence-corrected chi connectivity index (χ1v) is 5.43. The lowest BCUT2D eigenvalue weighted by molar-refractivity contribution is 0.601. The van der Waals surface area contributed by atoms with Gasteiger partial charge in [0.15, 0.2) is 0 Å². The third-order valence-corrected chi connectivity index (χ3v) is 2.75. The Labute approximate surface area is 101 Å². The molecule has 0 saturated carbocycles. The summed E-state index contributed by atoms with van der Waals surface area (Å²) in [5.74, 6) is 0. The number of aromatic amines is 1. The molecule has 1 N–H and O–H groups in total. The SMILES string of the molecule is O=c1[nH]c2ccccc2n(Cn2ccnc2)c1=O. The third kappa shape index (κ3) is 1.64. The van der Waals surface area contributed by atoms with Crippen molar-refractivity contribution in [3.63, 3.8) is 0 Å². The predicted molar refractivity (Wildman–Crippen MR) is 66.5 cm³/mol. The average Bonchev–Trinajstić information content (AvgIpc) is 2.88. The second-order valence-electron chi connectivity index (χ2n) is 3.92. The highest BCUT2D eigenvalue weighted by Crippen LogP contribution is 2.07. The predicted octanol–water partition coefficient (Wildman–Crippen LogP) is 0.392. The number of benzene rings is 1. The number of nitrogens with zero attached hydrogens (tertiary/aromatic N) is 3. The molecule has 90 valence electrons. The Kier molecular flexibility index (Phi) is 2.33. The summed E-state index contributed by atoms with van der Waals surface area (Å²) in [6.45, 7) is 0.267. The van der Waals surface area contributed by atoms with Gasteiger partial charge in [-0.05, 0) is 12.1 Å². The van der Waals surface area contributed by atoms with Crippen LogP contribution in [0.5, 0.6) is 0 Å². The molecule has 3 rings (SSSR count). The van der Waals surface area contributed by atoms with Crippen LogP contribution in [0.1, 0.15) is 0 Å². The molecule has 0 spiro atoms. The minimum Gasteiger partial charge on any atom is -0.319 e. The van der Waals surface area contributed by atoms with Crippen molar-refractivity contribution in [1.29, 1.82) is 0 Å². The van der Waals surface area contributed by atoms with E-state index >= 15 is 0 Å². The zero-order valence-corrected chi connectivity index (χ0v) is 9.41. The van der Waals surface area contributed by atoms with Crippen molar-refractivity contribution >= 4 is 11.0 Å². The molecule has 0 saturated heterocycles. The lowest BCUT2D eigenvalue weighted by atomic mass is 10.3. The maximum absolute atomic E-state index is 11.9. The minimum atomic E-state index is -0.617. The number of rotatable bonds is 2. The number of nitrogens with one attached hydrogen (secondary N) is 1. The Hall–Kier alpha value is -2.63. The van der Waals surface area contributed by atoms with Crippen LogP contribution in [0.4, 0.5) is 0 Å². The summed E-state index contributed by atoms with van der Waals surface area (Å²) in [7, 11) is 0. The van der Waals surface area contributed by atoms with Crippen LogP contribution in [0.2, 0.25) is 0 Å². The summed E-state index contributed by atoms with van der Waals surface area (Å²) in [5.41, 5.74) is 0.147. The summed E-state index contributed by atoms with van der Waals surface area (Å²) >= 11 is 0. The van der Waals surface area contributed by atoms with Crippen molar-refractivity contribution < 1.29 is 0 Å². The topological polar surface area (TPSA) is 72.7 Å². The molecular formula is C12H10N4O2. The fourth-order valence-electron chi connectivity index (χ4n) is 1.90. The molecule has 0 aliphatic rings. The molecular weight excluding hydrogens is 232 g/mol. The van der Waals surface area contributed by atoms with E-state index in [0.717, 1.165) is 0 Å². The monoisotopic (exact) mass is 242 g/mol. The second kappa shape index (κ2) is 3.99. The van der Waals surface area contributed by atoms with E-state index in [1.807, 2.05) is 12.1 Å². The Bertz CT molecular complexity index is 799. The number of aromatic nitrogens is 4. The molecule has 0 amide bonds. The van der Waals surface area contributed by atoms with Gasteiger partial charge in [0.2, 0.25) is 0 Å². The van der Waals surface area contributed by atoms with Gasteiger partial charge >= 0.3 is 11.1 Å². The van der Waals surface area contributed by atoms with E-state index in [4.69, 9.17) is 0 Å². The molecule has 0 fully saturated rings. The first kappa shape index (κ1) is 10.5. The van der Waals surface area contributed by atoms with Gasteiger partial charge in [-0.3, -0.25) is 14.2 Å². The molecule has 18 heavy (non-hydrogen) atoms. The molecule has 0 unspecified atom stereocenters. The largest absolute Gasteiger partial charge is 0.319 e. The minimum absolute atomic E-state index is 0.267. The van der Waals surface area contributed by atoms with Crippen molar-refractivity contribution in [1.82, 2.24) is 19.1 Å². The average molecular weight is 242 g/mol.